The van der Waals surface area contributed by atoms with Crippen LogP contribution < -0.4 is 5.48 Å². The monoisotopic (exact) mass is 237 g/mol. The lowest BCUT2D eigenvalue weighted by Gasteiger charge is -2.08. The molecule has 0 fully saturated rings. The Bertz CT molecular complexity index is 346. The second kappa shape index (κ2) is 7.04. The maximum Gasteiger partial charge on any atom is 0.274 e. The Labute approximate surface area is 102 Å². The summed E-state index contributed by atoms with van der Waals surface area (Å²) in [5, 5.41) is 0. The van der Waals surface area contributed by atoms with Gasteiger partial charge in [0.15, 0.2) is 0 Å². The number of hydrogen-bond donors (Lipinski definition) is 1. The molecule has 0 aliphatic carbocycles. The molecule has 0 radical (unpaired) electrons. The second-order valence-electron chi connectivity index (χ2n) is 3.92. The van der Waals surface area contributed by atoms with Crippen LogP contribution in [0.15, 0.2) is 24.3 Å². The highest BCUT2D eigenvalue weighted by molar-refractivity contribution is 5.93. The molecule has 4 heteroatoms. The lowest BCUT2D eigenvalue weighted by atomic mass is 10.1. The van der Waals surface area contributed by atoms with Crippen molar-refractivity contribution in [3.8, 4) is 0 Å². The maximum absolute atomic E-state index is 11.5. The molecule has 0 bridgehead atoms. The minimum Gasteiger partial charge on any atom is -0.374 e. The third-order valence-corrected chi connectivity index (χ3v) is 2.11. The zero-order valence-corrected chi connectivity index (χ0v) is 10.5. The molecular weight excluding hydrogens is 218 g/mol. The molecule has 0 aromatic heterocycles. The van der Waals surface area contributed by atoms with Gasteiger partial charge in [-0.05, 0) is 38.5 Å². The van der Waals surface area contributed by atoms with E-state index in [0.29, 0.717) is 18.8 Å². The summed E-state index contributed by atoms with van der Waals surface area (Å²) in [6.07, 6.45) is 0.205. The number of benzene rings is 1. The molecule has 0 saturated carbocycles. The van der Waals surface area contributed by atoms with Crippen LogP contribution in [0.1, 0.15) is 36.7 Å². The summed E-state index contributed by atoms with van der Waals surface area (Å²) in [7, 11) is 0. The summed E-state index contributed by atoms with van der Waals surface area (Å²) < 4.78 is 5.47. The lowest BCUT2D eigenvalue weighted by molar-refractivity contribution is 0.0364. The maximum atomic E-state index is 11.5. The van der Waals surface area contributed by atoms with Crippen molar-refractivity contribution in [3.63, 3.8) is 0 Å². The first kappa shape index (κ1) is 13.7. The number of nitrogens with one attached hydrogen (secondary N) is 1. The van der Waals surface area contributed by atoms with E-state index in [0.717, 1.165) is 5.56 Å². The Morgan fingerprint density at radius 2 is 1.94 bits per heavy atom. The van der Waals surface area contributed by atoms with E-state index in [4.69, 9.17) is 9.57 Å². The van der Waals surface area contributed by atoms with E-state index in [-0.39, 0.29) is 12.0 Å². The molecule has 1 N–H and O–H groups in total. The number of rotatable bonds is 6. The fraction of sp³-hybridized carbons (Fsp3) is 0.462. The van der Waals surface area contributed by atoms with Crippen molar-refractivity contribution in [2.45, 2.75) is 33.5 Å². The predicted molar refractivity (Wildman–Crippen MR) is 65.5 cm³/mol. The summed E-state index contributed by atoms with van der Waals surface area (Å²) in [6, 6.07) is 7.27. The fourth-order valence-corrected chi connectivity index (χ4v) is 1.21. The number of carbonyl (C=O) groups excluding carboxylic acids is 1. The minimum absolute atomic E-state index is 0.205. The van der Waals surface area contributed by atoms with Crippen LogP contribution in [0.25, 0.3) is 0 Å². The van der Waals surface area contributed by atoms with Gasteiger partial charge in [0.1, 0.15) is 0 Å². The van der Waals surface area contributed by atoms with Crippen LogP contribution in [-0.2, 0) is 16.2 Å². The molecule has 94 valence electrons. The molecule has 0 unspecified atom stereocenters. The van der Waals surface area contributed by atoms with Crippen molar-refractivity contribution in [3.05, 3.63) is 35.4 Å². The van der Waals surface area contributed by atoms with E-state index in [1.165, 1.54) is 0 Å². The van der Waals surface area contributed by atoms with Gasteiger partial charge < -0.3 is 4.74 Å². The van der Waals surface area contributed by atoms with Gasteiger partial charge >= 0.3 is 0 Å². The van der Waals surface area contributed by atoms with Gasteiger partial charge in [-0.2, -0.15) is 0 Å². The molecule has 0 aliphatic heterocycles. The van der Waals surface area contributed by atoms with Crippen LogP contribution in [0.2, 0.25) is 0 Å². The summed E-state index contributed by atoms with van der Waals surface area (Å²) in [6.45, 7) is 6.80. The van der Waals surface area contributed by atoms with Gasteiger partial charge in [-0.15, -0.1) is 0 Å². The van der Waals surface area contributed by atoms with Gasteiger partial charge in [0.25, 0.3) is 5.91 Å². The number of hydroxylamine groups is 1. The lowest BCUT2D eigenvalue weighted by Crippen LogP contribution is -2.23. The first-order valence-corrected chi connectivity index (χ1v) is 5.76. The van der Waals surface area contributed by atoms with E-state index in [2.05, 4.69) is 5.48 Å². The van der Waals surface area contributed by atoms with Gasteiger partial charge in [0.2, 0.25) is 0 Å². The zero-order chi connectivity index (χ0) is 12.7. The number of amides is 1. The van der Waals surface area contributed by atoms with Crippen LogP contribution in [0.3, 0.4) is 0 Å². The molecular formula is C13H19NO3. The number of hydrogen-bond acceptors (Lipinski definition) is 3. The Morgan fingerprint density at radius 1 is 1.29 bits per heavy atom. The summed E-state index contributed by atoms with van der Waals surface area (Å²) >= 11 is 0. The molecule has 1 aromatic carbocycles. The van der Waals surface area contributed by atoms with E-state index in [9.17, 15) is 4.79 Å². The van der Waals surface area contributed by atoms with Crippen molar-refractivity contribution in [2.75, 3.05) is 6.61 Å². The molecule has 17 heavy (non-hydrogen) atoms. The standard InChI is InChI=1S/C13H19NO3/c1-4-17-14-13(15)12-7-5-11(6-8-12)9-16-10(2)3/h5-8,10H,4,9H2,1-3H3,(H,14,15). The largest absolute Gasteiger partial charge is 0.374 e. The molecule has 0 spiro atoms. The highest BCUT2D eigenvalue weighted by Crippen LogP contribution is 2.07. The third kappa shape index (κ3) is 4.97. The van der Waals surface area contributed by atoms with Gasteiger partial charge in [-0.25, -0.2) is 5.48 Å². The van der Waals surface area contributed by atoms with Gasteiger partial charge in [0, 0.05) is 5.56 Å². The van der Waals surface area contributed by atoms with Gasteiger partial charge in [-0.3, -0.25) is 9.63 Å². The second-order valence-corrected chi connectivity index (χ2v) is 3.92. The fourth-order valence-electron chi connectivity index (χ4n) is 1.21. The van der Waals surface area contributed by atoms with Crippen LogP contribution in [-0.4, -0.2) is 18.6 Å². The molecule has 1 amide bonds. The number of ether oxygens (including phenoxy) is 1. The van der Waals surface area contributed by atoms with E-state index >= 15 is 0 Å². The topological polar surface area (TPSA) is 47.6 Å². The van der Waals surface area contributed by atoms with E-state index < -0.39 is 0 Å². The molecule has 1 aromatic rings. The smallest absolute Gasteiger partial charge is 0.274 e. The molecule has 0 atom stereocenters. The number of carbonyl (C=O) groups is 1. The Morgan fingerprint density at radius 3 is 2.47 bits per heavy atom. The molecule has 0 heterocycles. The average Bonchev–Trinajstić information content (AvgIpc) is 2.34. The van der Waals surface area contributed by atoms with Gasteiger partial charge in [-0.1, -0.05) is 12.1 Å². The molecule has 1 rings (SSSR count). The first-order chi connectivity index (χ1) is 8.13. The summed E-state index contributed by atoms with van der Waals surface area (Å²) in [5.41, 5.74) is 3.97. The normalized spacial score (nSPS) is 10.6. The van der Waals surface area contributed by atoms with Crippen molar-refractivity contribution in [1.29, 1.82) is 0 Å². The highest BCUT2D eigenvalue weighted by atomic mass is 16.6. The van der Waals surface area contributed by atoms with Crippen molar-refractivity contribution >= 4 is 5.91 Å². The molecule has 0 aliphatic rings. The van der Waals surface area contributed by atoms with E-state index in [1.807, 2.05) is 32.9 Å². The van der Waals surface area contributed by atoms with Crippen molar-refractivity contribution < 1.29 is 14.4 Å². The zero-order valence-electron chi connectivity index (χ0n) is 10.5. The van der Waals surface area contributed by atoms with Crippen LogP contribution in [0.4, 0.5) is 0 Å². The van der Waals surface area contributed by atoms with Crippen LogP contribution in [0.5, 0.6) is 0 Å². The quantitative estimate of drug-likeness (QED) is 0.772. The Balaban J connectivity index is 2.52. The van der Waals surface area contributed by atoms with E-state index in [1.54, 1.807) is 12.1 Å². The Kier molecular flexibility index (Phi) is 5.66. The summed E-state index contributed by atoms with van der Waals surface area (Å²) in [5.74, 6) is -0.233. The van der Waals surface area contributed by atoms with Crippen LogP contribution in [0, 0.1) is 0 Å². The van der Waals surface area contributed by atoms with Crippen molar-refractivity contribution in [1.82, 2.24) is 5.48 Å². The minimum atomic E-state index is -0.233. The first-order valence-electron chi connectivity index (χ1n) is 5.76. The van der Waals surface area contributed by atoms with Gasteiger partial charge in [0.05, 0.1) is 19.3 Å². The Hall–Kier alpha value is -1.39. The highest BCUT2D eigenvalue weighted by Gasteiger charge is 2.04. The molecule has 4 nitrogen and oxygen atoms in total. The average molecular weight is 237 g/mol. The SMILES string of the molecule is CCONC(=O)c1ccc(COC(C)C)cc1. The molecule has 0 saturated heterocycles. The van der Waals surface area contributed by atoms with Crippen LogP contribution >= 0.6 is 0 Å². The summed E-state index contributed by atoms with van der Waals surface area (Å²) in [4.78, 5) is 16.3. The third-order valence-electron chi connectivity index (χ3n) is 2.11. The van der Waals surface area contributed by atoms with Crippen molar-refractivity contribution in [2.24, 2.45) is 0 Å². The predicted octanol–water partition coefficient (Wildman–Crippen LogP) is 2.29.